The van der Waals surface area contributed by atoms with Crippen LogP contribution in [0.5, 0.6) is 0 Å². The van der Waals surface area contributed by atoms with E-state index in [0.717, 1.165) is 36.8 Å². The number of esters is 1. The van der Waals surface area contributed by atoms with E-state index in [0.29, 0.717) is 17.3 Å². The molecule has 0 spiro atoms. The smallest absolute Gasteiger partial charge is 0.302 e. The van der Waals surface area contributed by atoms with E-state index in [-0.39, 0.29) is 17.5 Å². The van der Waals surface area contributed by atoms with Gasteiger partial charge in [0.1, 0.15) is 6.10 Å². The Balaban J connectivity index is 1.55. The lowest BCUT2D eigenvalue weighted by atomic mass is 9.45. The molecule has 140 valence electrons. The second kappa shape index (κ2) is 5.99. The average Bonchev–Trinajstić information content (AvgIpc) is 2.91. The van der Waals surface area contributed by atoms with Crippen molar-refractivity contribution in [3.8, 4) is 0 Å². The quantitative estimate of drug-likeness (QED) is 0.421. The van der Waals surface area contributed by atoms with Gasteiger partial charge in [0.15, 0.2) is 0 Å². The summed E-state index contributed by atoms with van der Waals surface area (Å²) in [5, 5.41) is 13.1. The van der Waals surface area contributed by atoms with Gasteiger partial charge in [-0.1, -0.05) is 19.0 Å². The van der Waals surface area contributed by atoms with Crippen molar-refractivity contribution in [2.24, 2.45) is 39.7 Å². The van der Waals surface area contributed by atoms with Crippen molar-refractivity contribution in [1.29, 1.82) is 0 Å². The van der Waals surface area contributed by atoms with Crippen LogP contribution in [-0.4, -0.2) is 23.0 Å². The summed E-state index contributed by atoms with van der Waals surface area (Å²) >= 11 is 0. The van der Waals surface area contributed by atoms with Gasteiger partial charge in [0, 0.05) is 12.3 Å². The van der Waals surface area contributed by atoms with Crippen molar-refractivity contribution in [3.05, 3.63) is 0 Å². The molecule has 4 heteroatoms. The summed E-state index contributed by atoms with van der Waals surface area (Å²) in [5.41, 5.74) is 1.59. The molecule has 0 aromatic carbocycles. The summed E-state index contributed by atoms with van der Waals surface area (Å²) in [6.45, 7) is 6.41. The molecule has 0 amide bonds. The number of rotatable bonds is 1. The molecule has 0 saturated heterocycles. The first kappa shape index (κ1) is 17.4. The van der Waals surface area contributed by atoms with Crippen LogP contribution in [0.2, 0.25) is 0 Å². The Bertz CT molecular complexity index is 588. The molecule has 0 radical (unpaired) electrons. The Hall–Kier alpha value is -1.06. The fraction of sp³-hybridized carbons (Fsp3) is 0.905. The first-order valence-electron chi connectivity index (χ1n) is 10.3. The molecule has 0 bridgehead atoms. The van der Waals surface area contributed by atoms with Crippen LogP contribution in [0.15, 0.2) is 5.16 Å². The summed E-state index contributed by atoms with van der Waals surface area (Å²) in [7, 11) is 0. The first-order valence-corrected chi connectivity index (χ1v) is 10.3. The fourth-order valence-electron chi connectivity index (χ4n) is 7.51. The molecule has 0 aromatic rings. The van der Waals surface area contributed by atoms with Crippen molar-refractivity contribution < 1.29 is 14.7 Å². The summed E-state index contributed by atoms with van der Waals surface area (Å²) < 4.78 is 5.55. The number of carbonyl (C=O) groups is 1. The van der Waals surface area contributed by atoms with Crippen molar-refractivity contribution in [2.45, 2.75) is 84.7 Å². The van der Waals surface area contributed by atoms with Crippen LogP contribution in [0.3, 0.4) is 0 Å². The van der Waals surface area contributed by atoms with E-state index in [9.17, 15) is 10.0 Å². The number of oxime groups is 1. The molecule has 0 aliphatic heterocycles. The van der Waals surface area contributed by atoms with Crippen molar-refractivity contribution in [1.82, 2.24) is 0 Å². The van der Waals surface area contributed by atoms with Gasteiger partial charge in [-0.05, 0) is 86.9 Å². The summed E-state index contributed by atoms with van der Waals surface area (Å²) in [4.78, 5) is 11.3. The normalized spacial score (nSPS) is 50.7. The maximum atomic E-state index is 11.3. The van der Waals surface area contributed by atoms with E-state index in [4.69, 9.17) is 4.74 Å². The van der Waals surface area contributed by atoms with E-state index >= 15 is 0 Å². The van der Waals surface area contributed by atoms with Crippen LogP contribution in [0.1, 0.15) is 78.6 Å². The average molecular weight is 347 g/mol. The van der Waals surface area contributed by atoms with Crippen molar-refractivity contribution in [3.63, 3.8) is 0 Å². The highest BCUT2D eigenvalue weighted by Crippen LogP contribution is 2.65. The second-order valence-electron chi connectivity index (χ2n) is 9.70. The third-order valence-corrected chi connectivity index (χ3v) is 8.81. The highest BCUT2D eigenvalue weighted by molar-refractivity contribution is 5.91. The minimum Gasteiger partial charge on any atom is -0.463 e. The number of fused-ring (bicyclic) bond motifs is 5. The zero-order valence-corrected chi connectivity index (χ0v) is 16.0. The molecular weight excluding hydrogens is 314 g/mol. The first-order chi connectivity index (χ1) is 11.9. The molecule has 0 unspecified atom stereocenters. The minimum absolute atomic E-state index is 0.127. The van der Waals surface area contributed by atoms with E-state index in [1.807, 2.05) is 0 Å². The standard InChI is InChI=1S/C21H33NO3/c1-13(23)25-15-8-10-20(2)14(12-15)4-5-16-17-6-7-19(22-24)21(17,3)11-9-18(16)20/h14-18,24H,4-12H2,1-3H3/b22-19+/t14-,15+,16-,17-,18-,20-,21-/m0/s1. The van der Waals surface area contributed by atoms with E-state index in [1.54, 1.807) is 0 Å². The predicted molar refractivity (Wildman–Crippen MR) is 96.5 cm³/mol. The van der Waals surface area contributed by atoms with Crippen LogP contribution >= 0.6 is 0 Å². The van der Waals surface area contributed by atoms with Gasteiger partial charge in [0.25, 0.3) is 0 Å². The molecule has 25 heavy (non-hydrogen) atoms. The number of ether oxygens (including phenoxy) is 1. The lowest BCUT2D eigenvalue weighted by molar-refractivity contribution is -0.158. The van der Waals surface area contributed by atoms with Gasteiger partial charge in [-0.15, -0.1) is 0 Å². The SMILES string of the molecule is CC(=O)O[C@@H]1CC[C@@]2(C)[C@@H](CC[C@@H]3[C@@H]2CC[C@]2(C)/C(=N/O)CC[C@@H]32)C1. The zero-order valence-electron chi connectivity index (χ0n) is 16.0. The monoisotopic (exact) mass is 347 g/mol. The van der Waals surface area contributed by atoms with Crippen LogP contribution in [-0.2, 0) is 9.53 Å². The second-order valence-corrected chi connectivity index (χ2v) is 9.70. The molecule has 4 nitrogen and oxygen atoms in total. The van der Waals surface area contributed by atoms with Crippen LogP contribution < -0.4 is 0 Å². The molecule has 7 atom stereocenters. The van der Waals surface area contributed by atoms with E-state index in [2.05, 4.69) is 19.0 Å². The van der Waals surface area contributed by atoms with Gasteiger partial charge in [0.05, 0.1) is 5.71 Å². The van der Waals surface area contributed by atoms with Crippen LogP contribution in [0.25, 0.3) is 0 Å². The van der Waals surface area contributed by atoms with Crippen LogP contribution in [0, 0.1) is 34.5 Å². The topological polar surface area (TPSA) is 58.9 Å². The molecule has 0 heterocycles. The van der Waals surface area contributed by atoms with Crippen molar-refractivity contribution in [2.75, 3.05) is 0 Å². The van der Waals surface area contributed by atoms with Gasteiger partial charge in [-0.2, -0.15) is 0 Å². The lowest BCUT2D eigenvalue weighted by Crippen LogP contribution is -2.54. The Morgan fingerprint density at radius 2 is 1.92 bits per heavy atom. The zero-order chi connectivity index (χ0) is 17.8. The van der Waals surface area contributed by atoms with E-state index in [1.165, 1.54) is 45.4 Å². The summed E-state index contributed by atoms with van der Waals surface area (Å²) in [6.07, 6.45) is 10.6. The Kier molecular flexibility index (Phi) is 4.16. The highest BCUT2D eigenvalue weighted by Gasteiger charge is 2.59. The van der Waals surface area contributed by atoms with Crippen LogP contribution in [0.4, 0.5) is 0 Å². The molecule has 4 saturated carbocycles. The maximum absolute atomic E-state index is 11.3. The molecule has 0 aromatic heterocycles. The molecule has 4 rings (SSSR count). The lowest BCUT2D eigenvalue weighted by Gasteiger charge is -2.60. The predicted octanol–water partition coefficient (Wildman–Crippen LogP) is 4.79. The van der Waals surface area contributed by atoms with Gasteiger partial charge >= 0.3 is 5.97 Å². The fourth-order valence-corrected chi connectivity index (χ4v) is 7.51. The summed E-state index contributed by atoms with van der Waals surface area (Å²) in [5.74, 6) is 2.84. The van der Waals surface area contributed by atoms with Gasteiger partial charge in [0.2, 0.25) is 0 Å². The number of hydrogen-bond acceptors (Lipinski definition) is 4. The molecule has 4 fully saturated rings. The molecule has 4 aliphatic carbocycles. The molecule has 4 aliphatic rings. The Morgan fingerprint density at radius 3 is 2.64 bits per heavy atom. The number of nitrogens with zero attached hydrogens (tertiary/aromatic N) is 1. The number of hydrogen-bond donors (Lipinski definition) is 1. The van der Waals surface area contributed by atoms with Gasteiger partial charge in [-0.3, -0.25) is 4.79 Å². The largest absolute Gasteiger partial charge is 0.463 e. The Labute approximate surface area is 151 Å². The summed E-state index contributed by atoms with van der Waals surface area (Å²) in [6, 6.07) is 0. The third kappa shape index (κ3) is 2.54. The van der Waals surface area contributed by atoms with E-state index < -0.39 is 0 Å². The number of carbonyl (C=O) groups excluding carboxylic acids is 1. The molecule has 1 N–H and O–H groups in total. The third-order valence-electron chi connectivity index (χ3n) is 8.81. The Morgan fingerprint density at radius 1 is 1.12 bits per heavy atom. The highest BCUT2D eigenvalue weighted by atomic mass is 16.5. The maximum Gasteiger partial charge on any atom is 0.302 e. The minimum atomic E-state index is -0.127. The van der Waals surface area contributed by atoms with Gasteiger partial charge < -0.3 is 9.94 Å². The van der Waals surface area contributed by atoms with Gasteiger partial charge in [-0.25, -0.2) is 0 Å². The van der Waals surface area contributed by atoms with Crippen molar-refractivity contribution >= 4 is 11.7 Å². The molecular formula is C21H33NO3.